The molecule has 142 valence electrons. The molecule has 0 saturated carbocycles. The number of benzene rings is 1. The minimum atomic E-state index is 0.699. The Bertz CT molecular complexity index is 907. The molecular formula is C20H27N7. The van der Waals surface area contributed by atoms with Crippen LogP contribution in [-0.2, 0) is 26.7 Å². The minimum Gasteiger partial charge on any atom is -0.352 e. The van der Waals surface area contributed by atoms with Gasteiger partial charge in [0.2, 0.25) is 0 Å². The van der Waals surface area contributed by atoms with Crippen LogP contribution < -0.4 is 10.6 Å². The minimum absolute atomic E-state index is 0.699. The Kier molecular flexibility index (Phi) is 5.90. The second-order valence-electron chi connectivity index (χ2n) is 6.58. The third-order valence-electron chi connectivity index (χ3n) is 4.67. The largest absolute Gasteiger partial charge is 0.352 e. The number of aryl methyl sites for hydroxylation is 2. The van der Waals surface area contributed by atoms with Crippen molar-refractivity contribution < 1.29 is 0 Å². The van der Waals surface area contributed by atoms with Gasteiger partial charge in [-0.3, -0.25) is 14.4 Å². The molecule has 0 unspecified atom stereocenters. The zero-order valence-electron chi connectivity index (χ0n) is 16.4. The average Bonchev–Trinajstić information content (AvgIpc) is 3.25. The van der Waals surface area contributed by atoms with Crippen LogP contribution in [0.1, 0.15) is 28.1 Å². The summed E-state index contributed by atoms with van der Waals surface area (Å²) in [6.07, 6.45) is 3.77. The van der Waals surface area contributed by atoms with Crippen molar-refractivity contribution in [3.8, 4) is 0 Å². The first kappa shape index (κ1) is 18.7. The molecule has 0 atom stereocenters. The molecule has 27 heavy (non-hydrogen) atoms. The zero-order valence-corrected chi connectivity index (χ0v) is 16.4. The molecule has 0 aliphatic heterocycles. The molecule has 0 aliphatic rings. The molecule has 3 rings (SSSR count). The van der Waals surface area contributed by atoms with E-state index in [1.165, 1.54) is 22.4 Å². The van der Waals surface area contributed by atoms with E-state index in [1.807, 2.05) is 35.6 Å². The average molecular weight is 365 g/mol. The van der Waals surface area contributed by atoms with Crippen LogP contribution in [0.5, 0.6) is 0 Å². The Morgan fingerprint density at radius 1 is 1.11 bits per heavy atom. The van der Waals surface area contributed by atoms with Crippen LogP contribution in [0.15, 0.2) is 47.7 Å². The summed E-state index contributed by atoms with van der Waals surface area (Å²) in [5.74, 6) is 0.773. The van der Waals surface area contributed by atoms with E-state index >= 15 is 0 Å². The second kappa shape index (κ2) is 8.53. The van der Waals surface area contributed by atoms with Gasteiger partial charge in [0.15, 0.2) is 5.96 Å². The number of rotatable bonds is 6. The highest BCUT2D eigenvalue weighted by molar-refractivity contribution is 5.79. The second-order valence-corrected chi connectivity index (χ2v) is 6.58. The van der Waals surface area contributed by atoms with Crippen LogP contribution in [0.2, 0.25) is 0 Å². The number of nitrogens with zero attached hydrogens (tertiary/aromatic N) is 5. The molecule has 0 saturated heterocycles. The highest BCUT2D eigenvalue weighted by Crippen LogP contribution is 2.11. The Morgan fingerprint density at radius 3 is 2.56 bits per heavy atom. The SMILES string of the molecule is CN=C(NCc1cccc(Cn2cccn2)c1)NCc1c(C)nn(C)c1C. The highest BCUT2D eigenvalue weighted by atomic mass is 15.3. The molecule has 0 amide bonds. The fraction of sp³-hybridized carbons (Fsp3) is 0.350. The summed E-state index contributed by atoms with van der Waals surface area (Å²) in [6.45, 7) is 6.29. The number of nitrogens with one attached hydrogen (secondary N) is 2. The van der Waals surface area contributed by atoms with E-state index in [0.29, 0.717) is 13.1 Å². The van der Waals surface area contributed by atoms with Crippen molar-refractivity contribution in [1.82, 2.24) is 30.2 Å². The molecule has 7 nitrogen and oxygen atoms in total. The molecule has 2 heterocycles. The fourth-order valence-electron chi connectivity index (χ4n) is 3.07. The van der Waals surface area contributed by atoms with E-state index in [0.717, 1.165) is 18.2 Å². The standard InChI is InChI=1S/C20H27N7/c1-15-19(16(2)26(4)25-15)13-23-20(21-3)22-12-17-7-5-8-18(11-17)14-27-10-6-9-24-27/h5-11H,12-14H2,1-4H3,(H2,21,22,23). The van der Waals surface area contributed by atoms with Crippen LogP contribution in [0.4, 0.5) is 0 Å². The lowest BCUT2D eigenvalue weighted by molar-refractivity contribution is 0.685. The van der Waals surface area contributed by atoms with Crippen molar-refractivity contribution in [1.29, 1.82) is 0 Å². The smallest absolute Gasteiger partial charge is 0.191 e. The summed E-state index contributed by atoms with van der Waals surface area (Å²) >= 11 is 0. The van der Waals surface area contributed by atoms with Crippen molar-refractivity contribution in [3.63, 3.8) is 0 Å². The van der Waals surface area contributed by atoms with Gasteiger partial charge in [0, 0.05) is 50.8 Å². The lowest BCUT2D eigenvalue weighted by atomic mass is 10.1. The van der Waals surface area contributed by atoms with Crippen LogP contribution in [0.3, 0.4) is 0 Å². The molecule has 0 fully saturated rings. The molecule has 2 aromatic heterocycles. The van der Waals surface area contributed by atoms with E-state index in [2.05, 4.69) is 57.0 Å². The van der Waals surface area contributed by atoms with Gasteiger partial charge in [0.1, 0.15) is 0 Å². The first-order valence-corrected chi connectivity index (χ1v) is 9.05. The molecule has 1 aromatic carbocycles. The van der Waals surface area contributed by atoms with Crippen LogP contribution in [0.25, 0.3) is 0 Å². The summed E-state index contributed by atoms with van der Waals surface area (Å²) in [5, 5.41) is 15.5. The summed E-state index contributed by atoms with van der Waals surface area (Å²) in [6, 6.07) is 10.4. The number of aromatic nitrogens is 4. The van der Waals surface area contributed by atoms with Crippen molar-refractivity contribution in [3.05, 3.63) is 70.8 Å². The van der Waals surface area contributed by atoms with Crippen molar-refractivity contribution >= 4 is 5.96 Å². The normalized spacial score (nSPS) is 11.6. The van der Waals surface area contributed by atoms with Gasteiger partial charge in [-0.2, -0.15) is 10.2 Å². The third kappa shape index (κ3) is 4.75. The van der Waals surface area contributed by atoms with Gasteiger partial charge in [0.05, 0.1) is 12.2 Å². The molecule has 3 aromatic rings. The van der Waals surface area contributed by atoms with Crippen molar-refractivity contribution in [2.75, 3.05) is 7.05 Å². The lowest BCUT2D eigenvalue weighted by Gasteiger charge is -2.13. The summed E-state index contributed by atoms with van der Waals surface area (Å²) < 4.78 is 3.83. The quantitative estimate of drug-likeness (QED) is 0.519. The van der Waals surface area contributed by atoms with Gasteiger partial charge in [-0.05, 0) is 31.0 Å². The van der Waals surface area contributed by atoms with Crippen molar-refractivity contribution in [2.24, 2.45) is 12.0 Å². The maximum absolute atomic E-state index is 4.46. The highest BCUT2D eigenvalue weighted by Gasteiger charge is 2.09. The molecule has 7 heteroatoms. The Hall–Kier alpha value is -3.09. The van der Waals surface area contributed by atoms with Crippen LogP contribution >= 0.6 is 0 Å². The molecule has 0 aliphatic carbocycles. The molecule has 2 N–H and O–H groups in total. The Morgan fingerprint density at radius 2 is 1.89 bits per heavy atom. The maximum atomic E-state index is 4.46. The van der Waals surface area contributed by atoms with Crippen LogP contribution in [-0.4, -0.2) is 32.6 Å². The first-order valence-electron chi connectivity index (χ1n) is 9.05. The van der Waals surface area contributed by atoms with E-state index in [1.54, 1.807) is 13.2 Å². The molecular weight excluding hydrogens is 338 g/mol. The maximum Gasteiger partial charge on any atom is 0.191 e. The number of aliphatic imine (C=N–C) groups is 1. The predicted octanol–water partition coefficient (Wildman–Crippen LogP) is 2.15. The number of hydrogen-bond donors (Lipinski definition) is 2. The third-order valence-corrected chi connectivity index (χ3v) is 4.67. The van der Waals surface area contributed by atoms with E-state index in [9.17, 15) is 0 Å². The van der Waals surface area contributed by atoms with Crippen LogP contribution in [0, 0.1) is 13.8 Å². The van der Waals surface area contributed by atoms with Gasteiger partial charge in [-0.1, -0.05) is 24.3 Å². The molecule has 0 radical (unpaired) electrons. The van der Waals surface area contributed by atoms with Gasteiger partial charge < -0.3 is 10.6 Å². The van der Waals surface area contributed by atoms with E-state index in [4.69, 9.17) is 0 Å². The molecule has 0 spiro atoms. The van der Waals surface area contributed by atoms with Gasteiger partial charge in [-0.25, -0.2) is 0 Å². The van der Waals surface area contributed by atoms with Gasteiger partial charge >= 0.3 is 0 Å². The summed E-state index contributed by atoms with van der Waals surface area (Å²) in [4.78, 5) is 4.32. The zero-order chi connectivity index (χ0) is 19.2. The monoisotopic (exact) mass is 365 g/mol. The fourth-order valence-corrected chi connectivity index (χ4v) is 3.07. The predicted molar refractivity (Wildman–Crippen MR) is 107 cm³/mol. The van der Waals surface area contributed by atoms with Gasteiger partial charge in [0.25, 0.3) is 0 Å². The van der Waals surface area contributed by atoms with Gasteiger partial charge in [-0.15, -0.1) is 0 Å². The molecule has 0 bridgehead atoms. The van der Waals surface area contributed by atoms with Crippen molar-refractivity contribution in [2.45, 2.75) is 33.5 Å². The number of guanidine groups is 1. The Labute approximate surface area is 160 Å². The first-order chi connectivity index (χ1) is 13.1. The Balaban J connectivity index is 1.56. The summed E-state index contributed by atoms with van der Waals surface area (Å²) in [7, 11) is 3.75. The topological polar surface area (TPSA) is 72.1 Å². The summed E-state index contributed by atoms with van der Waals surface area (Å²) in [5.41, 5.74) is 5.85. The lowest BCUT2D eigenvalue weighted by Crippen LogP contribution is -2.36. The van der Waals surface area contributed by atoms with E-state index in [-0.39, 0.29) is 0 Å². The van der Waals surface area contributed by atoms with E-state index < -0.39 is 0 Å². The number of hydrogen-bond acceptors (Lipinski definition) is 3.